The fourth-order valence-electron chi connectivity index (χ4n) is 4.57. The van der Waals surface area contributed by atoms with E-state index in [4.69, 9.17) is 9.47 Å². The molecule has 0 unspecified atom stereocenters. The predicted octanol–water partition coefficient (Wildman–Crippen LogP) is 3.59. The van der Waals surface area contributed by atoms with Crippen LogP contribution in [0.4, 0.5) is 19.3 Å². The Bertz CT molecular complexity index is 1230. The highest BCUT2D eigenvalue weighted by molar-refractivity contribution is 6.00. The van der Waals surface area contributed by atoms with Crippen molar-refractivity contribution in [2.75, 3.05) is 12.4 Å². The van der Waals surface area contributed by atoms with Crippen LogP contribution >= 0.6 is 0 Å². The zero-order chi connectivity index (χ0) is 30.4. The zero-order valence-electron chi connectivity index (χ0n) is 23.8. The molecular formula is C28H37F2N5O6. The van der Waals surface area contributed by atoms with Crippen LogP contribution in [-0.2, 0) is 32.5 Å². The maximum absolute atomic E-state index is 13.8. The summed E-state index contributed by atoms with van der Waals surface area (Å²) >= 11 is 0. The minimum atomic E-state index is -2.79. The average molecular weight is 578 g/mol. The highest BCUT2D eigenvalue weighted by Crippen LogP contribution is 2.37. The molecule has 41 heavy (non-hydrogen) atoms. The molecule has 0 bridgehead atoms. The number of aromatic nitrogens is 2. The molecule has 2 aromatic rings. The van der Waals surface area contributed by atoms with Crippen LogP contribution in [0.5, 0.6) is 0 Å². The molecule has 2 atom stereocenters. The van der Waals surface area contributed by atoms with E-state index in [2.05, 4.69) is 21.0 Å². The number of hydrogen-bond donors (Lipinski definition) is 3. The van der Waals surface area contributed by atoms with Crippen LogP contribution in [0.3, 0.4) is 0 Å². The largest absolute Gasteiger partial charge is 0.467 e. The standard InChI is InChI=1S/C28H37F2N5O6/c1-27(2,3)41-26(39)33-20(25(38)40-5)16-17-6-8-19(9-7-17)32-24(37)22(18-10-13-28(29,30)14-11-18)34-23(36)21-12-15-31-35(21)4/h6-9,12,15,18,20,22H,10-11,13-14,16H2,1-5H3,(H,32,37)(H,33,39)(H,34,36)/t20-,22+/m1/s1. The minimum Gasteiger partial charge on any atom is -0.467 e. The molecule has 1 aromatic carbocycles. The maximum atomic E-state index is 13.8. The van der Waals surface area contributed by atoms with Crippen molar-refractivity contribution < 1.29 is 37.4 Å². The van der Waals surface area contributed by atoms with Crippen LogP contribution in [0, 0.1) is 5.92 Å². The molecule has 224 valence electrons. The quantitative estimate of drug-likeness (QED) is 0.387. The zero-order valence-corrected chi connectivity index (χ0v) is 23.8. The van der Waals surface area contributed by atoms with Gasteiger partial charge < -0.3 is 25.4 Å². The van der Waals surface area contributed by atoms with Crippen molar-refractivity contribution in [3.63, 3.8) is 0 Å². The van der Waals surface area contributed by atoms with Crippen molar-refractivity contribution in [3.8, 4) is 0 Å². The molecule has 1 aliphatic rings. The number of anilines is 1. The Morgan fingerprint density at radius 1 is 1.07 bits per heavy atom. The number of aryl methyl sites for hydroxylation is 1. The lowest BCUT2D eigenvalue weighted by Gasteiger charge is -2.33. The van der Waals surface area contributed by atoms with Crippen LogP contribution in [0.25, 0.3) is 0 Å². The topological polar surface area (TPSA) is 141 Å². The fraction of sp³-hybridized carbons (Fsp3) is 0.536. The number of esters is 1. The lowest BCUT2D eigenvalue weighted by molar-refractivity contribution is -0.143. The number of hydrogen-bond acceptors (Lipinski definition) is 7. The number of nitrogens with one attached hydrogen (secondary N) is 3. The maximum Gasteiger partial charge on any atom is 0.408 e. The molecule has 0 radical (unpaired) electrons. The second kappa shape index (κ2) is 13.1. The van der Waals surface area contributed by atoms with Crippen molar-refractivity contribution in [1.82, 2.24) is 20.4 Å². The molecule has 0 aliphatic heterocycles. The number of rotatable bonds is 9. The third-order valence-corrected chi connectivity index (χ3v) is 6.69. The number of nitrogens with zero attached hydrogens (tertiary/aromatic N) is 2. The van der Waals surface area contributed by atoms with Gasteiger partial charge >= 0.3 is 12.1 Å². The Kier molecular flexibility index (Phi) is 10.1. The molecule has 1 aromatic heterocycles. The molecule has 1 aliphatic carbocycles. The first-order valence-corrected chi connectivity index (χ1v) is 13.3. The van der Waals surface area contributed by atoms with Crippen LogP contribution in [0.1, 0.15) is 62.5 Å². The lowest BCUT2D eigenvalue weighted by atomic mass is 9.81. The SMILES string of the molecule is COC(=O)[C@@H](Cc1ccc(NC(=O)[C@@H](NC(=O)c2ccnn2C)C2CCC(F)(F)CC2)cc1)NC(=O)OC(C)(C)C. The van der Waals surface area contributed by atoms with Gasteiger partial charge in [-0.15, -0.1) is 0 Å². The average Bonchev–Trinajstić information content (AvgIpc) is 3.32. The molecule has 3 rings (SSSR count). The molecule has 0 saturated heterocycles. The first-order chi connectivity index (χ1) is 19.2. The van der Waals surface area contributed by atoms with E-state index >= 15 is 0 Å². The smallest absolute Gasteiger partial charge is 0.408 e. The number of benzene rings is 1. The van der Waals surface area contributed by atoms with Gasteiger partial charge in [-0.1, -0.05) is 12.1 Å². The Labute approximate surface area is 237 Å². The predicted molar refractivity (Wildman–Crippen MR) is 145 cm³/mol. The second-order valence-electron chi connectivity index (χ2n) is 11.1. The number of carbonyl (C=O) groups is 4. The molecule has 3 amide bonds. The van der Waals surface area contributed by atoms with Gasteiger partial charge in [0, 0.05) is 38.2 Å². The summed E-state index contributed by atoms with van der Waals surface area (Å²) < 4.78 is 39.0. The summed E-state index contributed by atoms with van der Waals surface area (Å²) in [5.41, 5.74) is 0.533. The van der Waals surface area contributed by atoms with Crippen LogP contribution < -0.4 is 16.0 Å². The van der Waals surface area contributed by atoms with Crippen molar-refractivity contribution in [2.24, 2.45) is 13.0 Å². The third-order valence-electron chi connectivity index (χ3n) is 6.69. The van der Waals surface area contributed by atoms with Crippen LogP contribution in [0.2, 0.25) is 0 Å². The van der Waals surface area contributed by atoms with E-state index in [1.54, 1.807) is 52.1 Å². The summed E-state index contributed by atoms with van der Waals surface area (Å²) in [7, 11) is 2.79. The van der Waals surface area contributed by atoms with Crippen LogP contribution in [0.15, 0.2) is 36.5 Å². The number of ether oxygens (including phenoxy) is 2. The van der Waals surface area contributed by atoms with Gasteiger partial charge in [0.1, 0.15) is 23.4 Å². The van der Waals surface area contributed by atoms with Crippen molar-refractivity contribution in [2.45, 2.75) is 76.5 Å². The van der Waals surface area contributed by atoms with Crippen molar-refractivity contribution in [3.05, 3.63) is 47.8 Å². The highest BCUT2D eigenvalue weighted by atomic mass is 19.3. The number of alkyl carbamates (subject to hydrolysis) is 1. The van der Waals surface area contributed by atoms with Gasteiger partial charge in [0.2, 0.25) is 11.8 Å². The Hall–Kier alpha value is -4.03. The van der Waals surface area contributed by atoms with Gasteiger partial charge in [-0.3, -0.25) is 14.3 Å². The van der Waals surface area contributed by atoms with E-state index in [1.807, 2.05) is 0 Å². The number of methoxy groups -OCH3 is 1. The molecule has 0 spiro atoms. The third kappa shape index (κ3) is 9.25. The van der Waals surface area contributed by atoms with Crippen molar-refractivity contribution in [1.29, 1.82) is 0 Å². The van der Waals surface area contributed by atoms with Gasteiger partial charge in [-0.25, -0.2) is 18.4 Å². The number of halogens is 2. The Morgan fingerprint density at radius 3 is 2.24 bits per heavy atom. The van der Waals surface area contributed by atoms with E-state index in [0.29, 0.717) is 11.3 Å². The minimum absolute atomic E-state index is 0.0786. The summed E-state index contributed by atoms with van der Waals surface area (Å²) in [6.45, 7) is 5.10. The fourth-order valence-corrected chi connectivity index (χ4v) is 4.57. The van der Waals surface area contributed by atoms with Gasteiger partial charge in [0.25, 0.3) is 5.91 Å². The number of amides is 3. The van der Waals surface area contributed by atoms with Gasteiger partial charge in [0.15, 0.2) is 0 Å². The number of alkyl halides is 2. The van der Waals surface area contributed by atoms with Crippen LogP contribution in [-0.4, -0.2) is 64.4 Å². The molecule has 11 nitrogen and oxygen atoms in total. The summed E-state index contributed by atoms with van der Waals surface area (Å²) in [5.74, 6) is -5.00. The van der Waals surface area contributed by atoms with Crippen molar-refractivity contribution >= 4 is 29.6 Å². The monoisotopic (exact) mass is 577 g/mol. The first kappa shape index (κ1) is 31.5. The lowest BCUT2D eigenvalue weighted by Crippen LogP contribution is -2.50. The Balaban J connectivity index is 1.70. The van der Waals surface area contributed by atoms with Gasteiger partial charge in [-0.2, -0.15) is 5.10 Å². The van der Waals surface area contributed by atoms with E-state index in [9.17, 15) is 28.0 Å². The van der Waals surface area contributed by atoms with Gasteiger partial charge in [0.05, 0.1) is 7.11 Å². The summed E-state index contributed by atoms with van der Waals surface area (Å²) in [4.78, 5) is 50.6. The Morgan fingerprint density at radius 2 is 1.71 bits per heavy atom. The molecule has 13 heteroatoms. The molecule has 3 N–H and O–H groups in total. The normalized spacial score (nSPS) is 16.7. The number of carbonyl (C=O) groups excluding carboxylic acids is 4. The summed E-state index contributed by atoms with van der Waals surface area (Å²) in [6, 6.07) is 5.96. The van der Waals surface area contributed by atoms with E-state index in [-0.39, 0.29) is 37.8 Å². The van der Waals surface area contributed by atoms with E-state index < -0.39 is 53.4 Å². The summed E-state index contributed by atoms with van der Waals surface area (Å²) in [6.07, 6.45) is 0.203. The highest BCUT2D eigenvalue weighted by Gasteiger charge is 2.40. The van der Waals surface area contributed by atoms with E-state index in [0.717, 1.165) is 0 Å². The second-order valence-corrected chi connectivity index (χ2v) is 11.1. The summed E-state index contributed by atoms with van der Waals surface area (Å²) in [5, 5.41) is 11.9. The van der Waals surface area contributed by atoms with Gasteiger partial charge in [-0.05, 0) is 63.3 Å². The molecule has 1 heterocycles. The molecule has 1 fully saturated rings. The molecular weight excluding hydrogens is 540 g/mol. The van der Waals surface area contributed by atoms with E-state index in [1.165, 1.54) is 24.1 Å². The molecule has 1 saturated carbocycles. The first-order valence-electron chi connectivity index (χ1n) is 13.3.